The molecule has 1 aromatic rings. The zero-order valence-electron chi connectivity index (χ0n) is 7.44. The molecule has 0 saturated carbocycles. The smallest absolute Gasteiger partial charge is 0.545 e. The minimum Gasteiger partial charge on any atom is -0.545 e. The van der Waals surface area contributed by atoms with Crippen molar-refractivity contribution >= 4 is 16.8 Å². The Labute approximate surface area is 121 Å². The number of carboxylic acid groups (broad SMARTS) is 1. The third-order valence-corrected chi connectivity index (χ3v) is 2.36. The second kappa shape index (κ2) is 6.05. The quantitative estimate of drug-likeness (QED) is 0.495. The summed E-state index contributed by atoms with van der Waals surface area (Å²) in [6, 6.07) is 5.79. The van der Waals surface area contributed by atoms with E-state index in [1.165, 1.54) is 30.5 Å². The van der Waals surface area contributed by atoms with E-state index in [1.54, 1.807) is 0 Å². The summed E-state index contributed by atoms with van der Waals surface area (Å²) < 4.78 is 10.9. The number of benzene rings is 1. The fourth-order valence-electron chi connectivity index (χ4n) is 0.783. The Morgan fingerprint density at radius 1 is 1.31 bits per heavy atom. The molecule has 1 rings (SSSR count). The van der Waals surface area contributed by atoms with Gasteiger partial charge in [-0.05, 0) is 17.7 Å². The molecule has 64 valence electrons. The van der Waals surface area contributed by atoms with Crippen LogP contribution in [0.4, 0.5) is 0 Å². The van der Waals surface area contributed by atoms with E-state index in [0.29, 0.717) is 4.90 Å². The van der Waals surface area contributed by atoms with Gasteiger partial charge in [-0.1, -0.05) is 12.1 Å². The van der Waals surface area contributed by atoms with Crippen molar-refractivity contribution in [2.45, 2.75) is 4.90 Å². The summed E-state index contributed by atoms with van der Waals surface area (Å²) in [7, 11) is -1.06. The zero-order valence-corrected chi connectivity index (χ0v) is 11.4. The molecule has 0 saturated heterocycles. The second-order valence-corrected chi connectivity index (χ2v) is 3.65. The molecular weight excluding hydrogens is 215 g/mol. The van der Waals surface area contributed by atoms with Crippen LogP contribution in [-0.4, -0.2) is 16.4 Å². The van der Waals surface area contributed by atoms with Gasteiger partial charge in [0.05, 0.1) is 5.97 Å². The molecule has 0 aliphatic heterocycles. The predicted molar refractivity (Wildman–Crippen MR) is 43.1 cm³/mol. The molecule has 0 bridgehead atoms. The summed E-state index contributed by atoms with van der Waals surface area (Å²) in [5.41, 5.74) is 0.101. The van der Waals surface area contributed by atoms with E-state index in [1.807, 2.05) is 0 Å². The van der Waals surface area contributed by atoms with Gasteiger partial charge in [0.15, 0.2) is 0 Å². The largest absolute Gasteiger partial charge is 1.00 e. The molecule has 0 spiro atoms. The van der Waals surface area contributed by atoms with E-state index in [4.69, 9.17) is 0 Å². The van der Waals surface area contributed by atoms with Gasteiger partial charge in [-0.15, -0.1) is 0 Å². The standard InChI is InChI=1S/C8H8O3S.K/c1-12(11)7-4-2-6(3-5-7)8(9)10;/h2-5H,1H3,(H,9,10);/q;+1/p-1. The van der Waals surface area contributed by atoms with Gasteiger partial charge in [0.1, 0.15) is 0 Å². The number of carbonyl (C=O) groups is 1. The van der Waals surface area contributed by atoms with Crippen LogP contribution in [-0.2, 0) is 10.8 Å². The van der Waals surface area contributed by atoms with Crippen LogP contribution >= 0.6 is 0 Å². The van der Waals surface area contributed by atoms with Crippen molar-refractivity contribution in [3.63, 3.8) is 0 Å². The van der Waals surface area contributed by atoms with Gasteiger partial charge >= 0.3 is 51.4 Å². The molecule has 13 heavy (non-hydrogen) atoms. The van der Waals surface area contributed by atoms with E-state index in [0.717, 1.165) is 0 Å². The molecule has 0 aliphatic rings. The van der Waals surface area contributed by atoms with Crippen molar-refractivity contribution in [3.05, 3.63) is 29.8 Å². The molecule has 0 aromatic heterocycles. The van der Waals surface area contributed by atoms with Crippen LogP contribution in [0, 0.1) is 0 Å². The van der Waals surface area contributed by atoms with Crippen molar-refractivity contribution in [1.29, 1.82) is 0 Å². The molecule has 0 amide bonds. The summed E-state index contributed by atoms with van der Waals surface area (Å²) in [6.45, 7) is 0. The van der Waals surface area contributed by atoms with Crippen LogP contribution in [0.3, 0.4) is 0 Å². The molecule has 0 aliphatic carbocycles. The number of carbonyl (C=O) groups excluding carboxylic acids is 1. The average Bonchev–Trinajstić information content (AvgIpc) is 2.04. The molecule has 1 atom stereocenters. The first-order valence-electron chi connectivity index (χ1n) is 3.26. The fourth-order valence-corrected chi connectivity index (χ4v) is 1.30. The molecule has 1 unspecified atom stereocenters. The first-order chi connectivity index (χ1) is 5.61. The maximum atomic E-state index is 10.9. The van der Waals surface area contributed by atoms with Gasteiger partial charge in [0.2, 0.25) is 0 Å². The number of aromatic carboxylic acids is 1. The topological polar surface area (TPSA) is 57.2 Å². The van der Waals surface area contributed by atoms with Gasteiger partial charge in [-0.2, -0.15) is 0 Å². The number of hydrogen-bond donors (Lipinski definition) is 0. The Bertz CT molecular complexity index is 288. The van der Waals surface area contributed by atoms with Crippen molar-refractivity contribution < 1.29 is 65.5 Å². The summed E-state index contributed by atoms with van der Waals surface area (Å²) >= 11 is 0. The Morgan fingerprint density at radius 2 is 1.77 bits per heavy atom. The van der Waals surface area contributed by atoms with E-state index < -0.39 is 16.8 Å². The molecule has 0 N–H and O–H groups in total. The normalized spacial score (nSPS) is 11.5. The zero-order chi connectivity index (χ0) is 9.14. The van der Waals surface area contributed by atoms with Crippen LogP contribution in [0.25, 0.3) is 0 Å². The number of carboxylic acids is 1. The minimum absolute atomic E-state index is 0. The number of rotatable bonds is 2. The van der Waals surface area contributed by atoms with Crippen LogP contribution in [0.5, 0.6) is 0 Å². The molecule has 1 aromatic carbocycles. The fraction of sp³-hybridized carbons (Fsp3) is 0.125. The Balaban J connectivity index is 0.00000144. The van der Waals surface area contributed by atoms with Gasteiger partial charge in [0.25, 0.3) is 0 Å². The molecule has 0 radical (unpaired) electrons. The second-order valence-electron chi connectivity index (χ2n) is 2.27. The molecule has 5 heteroatoms. The van der Waals surface area contributed by atoms with Crippen molar-refractivity contribution in [3.8, 4) is 0 Å². The summed E-state index contributed by atoms with van der Waals surface area (Å²) in [5.74, 6) is -1.22. The van der Waals surface area contributed by atoms with Gasteiger partial charge in [0, 0.05) is 22.0 Å². The molecule has 0 fully saturated rings. The van der Waals surface area contributed by atoms with E-state index in [2.05, 4.69) is 0 Å². The SMILES string of the molecule is CS(=O)c1ccc(C(=O)[O-])cc1.[K+]. The molecule has 0 heterocycles. The van der Waals surface area contributed by atoms with E-state index >= 15 is 0 Å². The summed E-state index contributed by atoms with van der Waals surface area (Å²) in [5, 5.41) is 10.3. The molecular formula is C8H7KO3S. The summed E-state index contributed by atoms with van der Waals surface area (Å²) in [6.07, 6.45) is 1.54. The van der Waals surface area contributed by atoms with Gasteiger partial charge in [-0.25, -0.2) is 0 Å². The van der Waals surface area contributed by atoms with Crippen LogP contribution in [0.15, 0.2) is 29.2 Å². The monoisotopic (exact) mass is 222 g/mol. The maximum Gasteiger partial charge on any atom is 1.00 e. The van der Waals surface area contributed by atoms with Crippen molar-refractivity contribution in [2.24, 2.45) is 0 Å². The Morgan fingerprint density at radius 3 is 2.08 bits per heavy atom. The van der Waals surface area contributed by atoms with Gasteiger partial charge < -0.3 is 9.90 Å². The van der Waals surface area contributed by atoms with Crippen LogP contribution in [0.1, 0.15) is 10.4 Å². The van der Waals surface area contributed by atoms with Crippen LogP contribution in [0.2, 0.25) is 0 Å². The van der Waals surface area contributed by atoms with Gasteiger partial charge in [-0.3, -0.25) is 4.21 Å². The first-order valence-corrected chi connectivity index (χ1v) is 4.82. The van der Waals surface area contributed by atoms with Crippen molar-refractivity contribution in [1.82, 2.24) is 0 Å². The predicted octanol–water partition coefficient (Wildman–Crippen LogP) is -3.21. The van der Waals surface area contributed by atoms with Crippen LogP contribution < -0.4 is 56.5 Å². The Kier molecular flexibility index (Phi) is 6.27. The third-order valence-electron chi connectivity index (χ3n) is 1.42. The number of hydrogen-bond acceptors (Lipinski definition) is 3. The minimum atomic E-state index is -1.22. The maximum absolute atomic E-state index is 10.9. The Hall–Kier alpha value is 0.476. The first kappa shape index (κ1) is 13.5. The van der Waals surface area contributed by atoms with E-state index in [-0.39, 0.29) is 56.9 Å². The third kappa shape index (κ3) is 4.01. The van der Waals surface area contributed by atoms with Crippen molar-refractivity contribution in [2.75, 3.05) is 6.26 Å². The average molecular weight is 222 g/mol. The van der Waals surface area contributed by atoms with E-state index in [9.17, 15) is 14.1 Å². The molecule has 3 nitrogen and oxygen atoms in total. The summed E-state index contributed by atoms with van der Waals surface area (Å²) in [4.78, 5) is 10.9.